The largest absolute Gasteiger partial charge is 0.341 e. The first-order valence-corrected chi connectivity index (χ1v) is 16.0. The fraction of sp³-hybridized carbons (Fsp3) is 0.724. The van der Waals surface area contributed by atoms with E-state index in [0.29, 0.717) is 12.5 Å². The summed E-state index contributed by atoms with van der Waals surface area (Å²) in [7, 11) is -4.20. The van der Waals surface area contributed by atoms with Crippen molar-refractivity contribution >= 4 is 21.2 Å². The molecule has 1 aliphatic carbocycles. The van der Waals surface area contributed by atoms with E-state index in [1.54, 1.807) is 0 Å². The summed E-state index contributed by atoms with van der Waals surface area (Å²) >= 11 is 0. The second kappa shape index (κ2) is 11.7. The highest BCUT2D eigenvalue weighted by atomic mass is 32.2. The minimum Gasteiger partial charge on any atom is -0.341 e. The molecule has 3 aliphatic rings. The van der Waals surface area contributed by atoms with Crippen LogP contribution in [0.2, 0.25) is 0 Å². The Morgan fingerprint density at radius 1 is 0.946 bits per heavy atom. The van der Waals surface area contributed by atoms with Gasteiger partial charge in [0.05, 0.1) is 0 Å². The van der Waals surface area contributed by atoms with Crippen LogP contribution >= 0.6 is 0 Å². The lowest BCUT2D eigenvalue weighted by molar-refractivity contribution is 0.0889. The number of likely N-dealkylation sites (tertiary alicyclic amines) is 2. The molecule has 3 heterocycles. The van der Waals surface area contributed by atoms with Gasteiger partial charge in [0.15, 0.2) is 0 Å². The molecule has 2 aromatic rings. The Bertz CT molecular complexity index is 1140. The van der Waals surface area contributed by atoms with Crippen LogP contribution in [0.1, 0.15) is 82.5 Å². The standard InChI is InChI=1S/C29H46N4O3S/c1-22(2)23-9-11-24(12-10-23)32-19-14-25(15-20-32)33-28-8-4-3-7-26(28)27(21-31-17-5-6-18-31)29(33)13-16-30-37(34,35)36/h3-4,7-8,22-25,30H,5-6,9-21H2,1-2H3,(H,34,35,36). The van der Waals surface area contributed by atoms with E-state index >= 15 is 0 Å². The molecule has 0 spiro atoms. The van der Waals surface area contributed by atoms with Crippen LogP contribution in [0.25, 0.3) is 10.9 Å². The number of rotatable bonds is 9. The van der Waals surface area contributed by atoms with Crippen molar-refractivity contribution in [2.75, 3.05) is 32.7 Å². The molecule has 0 bridgehead atoms. The van der Waals surface area contributed by atoms with Crippen molar-refractivity contribution in [3.8, 4) is 0 Å². The van der Waals surface area contributed by atoms with E-state index < -0.39 is 10.3 Å². The lowest BCUT2D eigenvalue weighted by Gasteiger charge is -2.42. The van der Waals surface area contributed by atoms with Gasteiger partial charge in [-0.05, 0) is 87.9 Å². The molecule has 37 heavy (non-hydrogen) atoms. The molecule has 0 radical (unpaired) electrons. The first-order chi connectivity index (χ1) is 17.8. The predicted molar refractivity (Wildman–Crippen MR) is 150 cm³/mol. The Kier molecular flexibility index (Phi) is 8.61. The Hall–Kier alpha value is -1.45. The molecule has 1 aromatic carbocycles. The molecule has 0 amide bonds. The lowest BCUT2D eigenvalue weighted by atomic mass is 9.79. The maximum atomic E-state index is 11.4. The molecule has 206 valence electrons. The SMILES string of the molecule is CC(C)C1CCC(N2CCC(n3c(CCNS(=O)(=O)O)c(CN4CCCC4)c4ccccc43)CC2)CC1. The number of nitrogens with zero attached hydrogens (tertiary/aromatic N) is 3. The maximum Gasteiger partial charge on any atom is 0.333 e. The zero-order valence-electron chi connectivity index (χ0n) is 22.7. The van der Waals surface area contributed by atoms with E-state index in [2.05, 4.69) is 57.2 Å². The first-order valence-electron chi connectivity index (χ1n) is 14.6. The van der Waals surface area contributed by atoms with Gasteiger partial charge in [0, 0.05) is 61.3 Å². The summed E-state index contributed by atoms with van der Waals surface area (Å²) in [5.41, 5.74) is 3.85. The van der Waals surface area contributed by atoms with Crippen LogP contribution in [-0.2, 0) is 23.3 Å². The Morgan fingerprint density at radius 2 is 1.62 bits per heavy atom. The third-order valence-electron chi connectivity index (χ3n) is 9.42. The average molecular weight is 531 g/mol. The summed E-state index contributed by atoms with van der Waals surface area (Å²) in [6.45, 7) is 10.4. The smallest absolute Gasteiger partial charge is 0.333 e. The lowest BCUT2D eigenvalue weighted by Crippen LogP contribution is -2.44. The van der Waals surface area contributed by atoms with E-state index in [4.69, 9.17) is 0 Å². The fourth-order valence-corrected chi connectivity index (χ4v) is 7.72. The second-order valence-corrected chi connectivity index (χ2v) is 13.2. The normalized spacial score (nSPS) is 25.0. The highest BCUT2D eigenvalue weighted by Crippen LogP contribution is 2.38. The van der Waals surface area contributed by atoms with Crippen LogP contribution in [0.15, 0.2) is 24.3 Å². The molecule has 2 N–H and O–H groups in total. The second-order valence-electron chi connectivity index (χ2n) is 12.0. The average Bonchev–Trinajstić information content (AvgIpc) is 3.50. The number of fused-ring (bicyclic) bond motifs is 1. The van der Waals surface area contributed by atoms with Crippen LogP contribution in [0.3, 0.4) is 0 Å². The third kappa shape index (κ3) is 6.41. The summed E-state index contributed by atoms with van der Waals surface area (Å²) in [5.74, 6) is 1.70. The predicted octanol–water partition coefficient (Wildman–Crippen LogP) is 5.02. The Balaban J connectivity index is 1.37. The molecule has 3 fully saturated rings. The van der Waals surface area contributed by atoms with Gasteiger partial charge in [-0.3, -0.25) is 9.45 Å². The number of benzene rings is 1. The minimum absolute atomic E-state index is 0.208. The zero-order chi connectivity index (χ0) is 26.0. The third-order valence-corrected chi connectivity index (χ3v) is 9.99. The zero-order valence-corrected chi connectivity index (χ0v) is 23.6. The summed E-state index contributed by atoms with van der Waals surface area (Å²) in [6, 6.07) is 9.88. The van der Waals surface area contributed by atoms with Gasteiger partial charge in [0.1, 0.15) is 0 Å². The van der Waals surface area contributed by atoms with Crippen molar-refractivity contribution in [2.24, 2.45) is 11.8 Å². The van der Waals surface area contributed by atoms with Crippen LogP contribution in [-0.4, -0.2) is 66.1 Å². The number of hydrogen-bond donors (Lipinski definition) is 2. The monoisotopic (exact) mass is 530 g/mol. The molecule has 0 atom stereocenters. The van der Waals surface area contributed by atoms with Crippen molar-refractivity contribution in [2.45, 2.75) is 90.3 Å². The summed E-state index contributed by atoms with van der Waals surface area (Å²) in [6.07, 6.45) is 10.8. The van der Waals surface area contributed by atoms with Gasteiger partial charge in [0.25, 0.3) is 0 Å². The van der Waals surface area contributed by atoms with Crippen molar-refractivity contribution in [3.63, 3.8) is 0 Å². The Morgan fingerprint density at radius 3 is 2.27 bits per heavy atom. The van der Waals surface area contributed by atoms with E-state index in [1.807, 2.05) is 0 Å². The van der Waals surface area contributed by atoms with E-state index in [9.17, 15) is 13.0 Å². The summed E-state index contributed by atoms with van der Waals surface area (Å²) in [4.78, 5) is 5.28. The van der Waals surface area contributed by atoms with Crippen molar-refractivity contribution in [3.05, 3.63) is 35.5 Å². The van der Waals surface area contributed by atoms with Gasteiger partial charge in [-0.2, -0.15) is 13.1 Å². The quantitative estimate of drug-likeness (QED) is 0.445. The first kappa shape index (κ1) is 27.1. The minimum atomic E-state index is -4.20. The molecule has 7 nitrogen and oxygen atoms in total. The number of nitrogens with one attached hydrogen (secondary N) is 1. The number of aromatic nitrogens is 1. The molecule has 2 aliphatic heterocycles. The number of hydrogen-bond acceptors (Lipinski definition) is 4. The van der Waals surface area contributed by atoms with Crippen LogP contribution < -0.4 is 4.72 Å². The summed E-state index contributed by atoms with van der Waals surface area (Å²) in [5, 5.41) is 1.30. The van der Waals surface area contributed by atoms with Gasteiger partial charge >= 0.3 is 10.3 Å². The van der Waals surface area contributed by atoms with E-state index in [0.717, 1.165) is 63.4 Å². The molecule has 2 saturated heterocycles. The molecule has 1 saturated carbocycles. The maximum absolute atomic E-state index is 11.4. The molecular weight excluding hydrogens is 484 g/mol. The highest BCUT2D eigenvalue weighted by molar-refractivity contribution is 7.83. The topological polar surface area (TPSA) is 77.8 Å². The molecular formula is C29H46N4O3S. The van der Waals surface area contributed by atoms with Gasteiger partial charge in [0.2, 0.25) is 0 Å². The van der Waals surface area contributed by atoms with E-state index in [-0.39, 0.29) is 6.54 Å². The van der Waals surface area contributed by atoms with Crippen molar-refractivity contribution in [1.29, 1.82) is 0 Å². The molecule has 8 heteroatoms. The highest BCUT2D eigenvalue weighted by Gasteiger charge is 2.32. The van der Waals surface area contributed by atoms with Gasteiger partial charge in [-0.1, -0.05) is 32.0 Å². The van der Waals surface area contributed by atoms with Gasteiger partial charge in [-0.15, -0.1) is 0 Å². The fourth-order valence-electron chi connectivity index (χ4n) is 7.36. The molecule has 0 unspecified atom stereocenters. The molecule has 5 rings (SSSR count). The van der Waals surface area contributed by atoms with Crippen LogP contribution in [0.4, 0.5) is 0 Å². The van der Waals surface area contributed by atoms with Crippen molar-refractivity contribution < 1.29 is 13.0 Å². The van der Waals surface area contributed by atoms with Crippen LogP contribution in [0.5, 0.6) is 0 Å². The number of para-hydroxylation sites is 1. The molecule has 1 aromatic heterocycles. The van der Waals surface area contributed by atoms with Crippen LogP contribution in [0, 0.1) is 11.8 Å². The van der Waals surface area contributed by atoms with Gasteiger partial charge in [-0.25, -0.2) is 0 Å². The van der Waals surface area contributed by atoms with E-state index in [1.165, 1.54) is 60.7 Å². The van der Waals surface area contributed by atoms with Crippen molar-refractivity contribution in [1.82, 2.24) is 19.1 Å². The Labute approximate surface area is 223 Å². The van der Waals surface area contributed by atoms with Gasteiger partial charge < -0.3 is 9.47 Å². The summed E-state index contributed by atoms with van der Waals surface area (Å²) < 4.78 is 37.0. The number of piperidine rings is 1.